The Morgan fingerprint density at radius 3 is 2.89 bits per heavy atom. The number of fused-ring (bicyclic) bond motifs is 1. The highest BCUT2D eigenvalue weighted by Crippen LogP contribution is 2.14. The van der Waals surface area contributed by atoms with Crippen molar-refractivity contribution in [3.63, 3.8) is 0 Å². The van der Waals surface area contributed by atoms with Crippen molar-refractivity contribution in [2.45, 2.75) is 31.8 Å². The summed E-state index contributed by atoms with van der Waals surface area (Å²) < 4.78 is 7.60. The number of nitrogens with two attached hydrogens (primary N) is 1. The van der Waals surface area contributed by atoms with E-state index in [1.54, 1.807) is 0 Å². The molecule has 6 nitrogen and oxygen atoms in total. The third-order valence-electron chi connectivity index (χ3n) is 3.83. The average Bonchev–Trinajstić information content (AvgIpc) is 2.80. The van der Waals surface area contributed by atoms with E-state index < -0.39 is 0 Å². The maximum Gasteiger partial charge on any atom is 0.134 e. The van der Waals surface area contributed by atoms with Gasteiger partial charge in [-0.2, -0.15) is 0 Å². The first-order valence-corrected chi connectivity index (χ1v) is 6.79. The Balaban J connectivity index is 1.59. The van der Waals surface area contributed by atoms with Crippen molar-refractivity contribution in [3.8, 4) is 0 Å². The minimum atomic E-state index is 0.258. The summed E-state index contributed by atoms with van der Waals surface area (Å²) in [6.45, 7) is 5.80. The van der Waals surface area contributed by atoms with Gasteiger partial charge in [0.15, 0.2) is 0 Å². The van der Waals surface area contributed by atoms with Crippen molar-refractivity contribution in [1.82, 2.24) is 19.7 Å². The topological polar surface area (TPSA) is 69.2 Å². The smallest absolute Gasteiger partial charge is 0.134 e. The second-order valence-electron chi connectivity index (χ2n) is 5.14. The predicted octanol–water partition coefficient (Wildman–Crippen LogP) is -0.574. The highest BCUT2D eigenvalue weighted by molar-refractivity contribution is 5.02. The van der Waals surface area contributed by atoms with Crippen LogP contribution in [0.25, 0.3) is 0 Å². The van der Waals surface area contributed by atoms with Crippen molar-refractivity contribution in [1.29, 1.82) is 0 Å². The van der Waals surface area contributed by atoms with Gasteiger partial charge in [0.25, 0.3) is 0 Å². The molecule has 2 N–H and O–H groups in total. The van der Waals surface area contributed by atoms with Gasteiger partial charge in [0.2, 0.25) is 0 Å². The van der Waals surface area contributed by atoms with Crippen LogP contribution in [0.1, 0.15) is 18.1 Å². The van der Waals surface area contributed by atoms with Gasteiger partial charge in [0, 0.05) is 45.1 Å². The van der Waals surface area contributed by atoms with E-state index in [2.05, 4.69) is 19.7 Å². The molecule has 1 fully saturated rings. The molecule has 0 radical (unpaired) electrons. The maximum atomic E-state index is 5.95. The minimum absolute atomic E-state index is 0.258. The lowest BCUT2D eigenvalue weighted by Crippen LogP contribution is -2.38. The zero-order valence-electron chi connectivity index (χ0n) is 10.7. The molecule has 6 heteroatoms. The quantitative estimate of drug-likeness (QED) is 0.779. The molecule has 1 saturated heterocycles. The van der Waals surface area contributed by atoms with Crippen LogP contribution in [0.3, 0.4) is 0 Å². The molecule has 18 heavy (non-hydrogen) atoms. The Morgan fingerprint density at radius 2 is 2.06 bits per heavy atom. The Bertz CT molecular complexity index is 399. The second kappa shape index (κ2) is 5.34. The van der Waals surface area contributed by atoms with Crippen LogP contribution in [0, 0.1) is 0 Å². The molecule has 1 atom stereocenters. The number of aromatic nitrogens is 3. The predicted molar refractivity (Wildman–Crippen MR) is 67.3 cm³/mol. The number of rotatable bonds is 3. The van der Waals surface area contributed by atoms with Crippen LogP contribution in [0.15, 0.2) is 0 Å². The molecular weight excluding hydrogens is 230 g/mol. The van der Waals surface area contributed by atoms with E-state index in [0.717, 1.165) is 70.3 Å². The number of morpholine rings is 1. The summed E-state index contributed by atoms with van der Waals surface area (Å²) in [5.41, 5.74) is 5.95. The Morgan fingerprint density at radius 1 is 1.22 bits per heavy atom. The molecule has 3 rings (SSSR count). The zero-order chi connectivity index (χ0) is 12.4. The van der Waals surface area contributed by atoms with Gasteiger partial charge in [-0.25, -0.2) is 0 Å². The van der Waals surface area contributed by atoms with Crippen molar-refractivity contribution in [2.24, 2.45) is 5.73 Å². The summed E-state index contributed by atoms with van der Waals surface area (Å²) in [5, 5.41) is 8.58. The van der Waals surface area contributed by atoms with Gasteiger partial charge in [-0.3, -0.25) is 4.90 Å². The molecule has 2 aliphatic heterocycles. The molecule has 0 bridgehead atoms. The SMILES string of the molecule is NC1CCn2c(CCN3CCOCC3)nnc2C1. The van der Waals surface area contributed by atoms with Crippen LogP contribution in [-0.4, -0.2) is 58.6 Å². The van der Waals surface area contributed by atoms with Crippen LogP contribution in [0.5, 0.6) is 0 Å². The van der Waals surface area contributed by atoms with E-state index in [-0.39, 0.29) is 6.04 Å². The molecule has 3 heterocycles. The molecule has 0 aromatic carbocycles. The molecule has 1 aromatic rings. The van der Waals surface area contributed by atoms with Crippen LogP contribution >= 0.6 is 0 Å². The molecular formula is C12H21N5O. The summed E-state index contributed by atoms with van der Waals surface area (Å²) in [7, 11) is 0. The Kier molecular flexibility index (Phi) is 3.58. The molecule has 0 amide bonds. The first kappa shape index (κ1) is 12.1. The average molecular weight is 251 g/mol. The molecule has 0 aliphatic carbocycles. The fraction of sp³-hybridized carbons (Fsp3) is 0.833. The Hall–Kier alpha value is -0.980. The third kappa shape index (κ3) is 2.55. The van der Waals surface area contributed by atoms with Crippen LogP contribution in [0.4, 0.5) is 0 Å². The highest BCUT2D eigenvalue weighted by atomic mass is 16.5. The lowest BCUT2D eigenvalue weighted by Gasteiger charge is -2.26. The zero-order valence-corrected chi connectivity index (χ0v) is 10.7. The second-order valence-corrected chi connectivity index (χ2v) is 5.14. The fourth-order valence-electron chi connectivity index (χ4n) is 2.68. The van der Waals surface area contributed by atoms with Crippen molar-refractivity contribution >= 4 is 0 Å². The van der Waals surface area contributed by atoms with E-state index in [9.17, 15) is 0 Å². The number of hydrogen-bond acceptors (Lipinski definition) is 5. The summed E-state index contributed by atoms with van der Waals surface area (Å²) in [6.07, 6.45) is 2.88. The molecule has 0 spiro atoms. The van der Waals surface area contributed by atoms with Gasteiger partial charge in [-0.1, -0.05) is 0 Å². The van der Waals surface area contributed by atoms with Gasteiger partial charge in [-0.15, -0.1) is 10.2 Å². The summed E-state index contributed by atoms with van der Waals surface area (Å²) in [4.78, 5) is 2.43. The Labute approximate surface area is 107 Å². The summed E-state index contributed by atoms with van der Waals surface area (Å²) in [6, 6.07) is 0.258. The highest BCUT2D eigenvalue weighted by Gasteiger charge is 2.20. The molecule has 0 saturated carbocycles. The van der Waals surface area contributed by atoms with E-state index >= 15 is 0 Å². The monoisotopic (exact) mass is 251 g/mol. The standard InChI is InChI=1S/C12H21N5O/c13-10-1-4-17-11(14-15-12(17)9-10)2-3-16-5-7-18-8-6-16/h10H,1-9,13H2. The van der Waals surface area contributed by atoms with Crippen molar-refractivity contribution in [2.75, 3.05) is 32.8 Å². The van der Waals surface area contributed by atoms with Gasteiger partial charge >= 0.3 is 0 Å². The minimum Gasteiger partial charge on any atom is -0.379 e. The van der Waals surface area contributed by atoms with Gasteiger partial charge in [-0.05, 0) is 6.42 Å². The largest absolute Gasteiger partial charge is 0.379 e. The number of nitrogens with zero attached hydrogens (tertiary/aromatic N) is 4. The fourth-order valence-corrected chi connectivity index (χ4v) is 2.68. The van der Waals surface area contributed by atoms with E-state index in [4.69, 9.17) is 10.5 Å². The van der Waals surface area contributed by atoms with E-state index in [0.29, 0.717) is 0 Å². The van der Waals surface area contributed by atoms with E-state index in [1.165, 1.54) is 0 Å². The molecule has 2 aliphatic rings. The molecule has 100 valence electrons. The lowest BCUT2D eigenvalue weighted by molar-refractivity contribution is 0.0381. The third-order valence-corrected chi connectivity index (χ3v) is 3.83. The first-order chi connectivity index (χ1) is 8.83. The van der Waals surface area contributed by atoms with Crippen LogP contribution in [0.2, 0.25) is 0 Å². The summed E-state index contributed by atoms with van der Waals surface area (Å²) >= 11 is 0. The van der Waals surface area contributed by atoms with Crippen LogP contribution < -0.4 is 5.73 Å². The maximum absolute atomic E-state index is 5.95. The molecule has 1 unspecified atom stereocenters. The van der Waals surface area contributed by atoms with E-state index in [1.807, 2.05) is 0 Å². The van der Waals surface area contributed by atoms with Crippen molar-refractivity contribution in [3.05, 3.63) is 11.6 Å². The van der Waals surface area contributed by atoms with Gasteiger partial charge in [0.1, 0.15) is 11.6 Å². The summed E-state index contributed by atoms with van der Waals surface area (Å²) in [5.74, 6) is 2.18. The number of hydrogen-bond donors (Lipinski definition) is 1. The normalized spacial score (nSPS) is 25.1. The van der Waals surface area contributed by atoms with Gasteiger partial charge < -0.3 is 15.0 Å². The molecule has 1 aromatic heterocycles. The van der Waals surface area contributed by atoms with Crippen LogP contribution in [-0.2, 0) is 24.1 Å². The first-order valence-electron chi connectivity index (χ1n) is 6.79. The van der Waals surface area contributed by atoms with Gasteiger partial charge in [0.05, 0.1) is 13.2 Å². The number of ether oxygens (including phenoxy) is 1. The lowest BCUT2D eigenvalue weighted by atomic mass is 10.1. The van der Waals surface area contributed by atoms with Crippen molar-refractivity contribution < 1.29 is 4.74 Å².